The second-order valence-electron chi connectivity index (χ2n) is 9.19. The fraction of sp³-hybridized carbons (Fsp3) is 0.882. The van der Waals surface area contributed by atoms with Crippen LogP contribution in [0.2, 0.25) is 18.1 Å². The van der Waals surface area contributed by atoms with Crippen molar-refractivity contribution in [2.75, 3.05) is 6.54 Å². The van der Waals surface area contributed by atoms with Crippen LogP contribution in [0, 0.1) is 5.92 Å². The summed E-state index contributed by atoms with van der Waals surface area (Å²) in [4.78, 5) is 26.2. The monoisotopic (exact) mass is 359 g/mol. The summed E-state index contributed by atoms with van der Waals surface area (Å²) in [5, 5.41) is 9.86. The molecule has 0 aromatic rings. The number of ether oxygens (including phenoxy) is 1. The first kappa shape index (κ1) is 21.0. The topological polar surface area (TPSA) is 76.1 Å². The zero-order valence-electron chi connectivity index (χ0n) is 16.5. The van der Waals surface area contributed by atoms with E-state index >= 15 is 0 Å². The Balaban J connectivity index is 3.30. The van der Waals surface area contributed by atoms with Gasteiger partial charge in [0.1, 0.15) is 5.60 Å². The lowest BCUT2D eigenvalue weighted by Gasteiger charge is -2.46. The van der Waals surface area contributed by atoms with Gasteiger partial charge in [-0.1, -0.05) is 27.7 Å². The lowest BCUT2D eigenvalue weighted by molar-refractivity contribution is -0.177. The van der Waals surface area contributed by atoms with Crippen LogP contribution in [0.15, 0.2) is 0 Å². The molecule has 140 valence electrons. The van der Waals surface area contributed by atoms with E-state index < -0.39 is 31.7 Å². The average Bonchev–Trinajstić information content (AvgIpc) is 2.63. The predicted octanol–water partition coefficient (Wildman–Crippen LogP) is 4.07. The molecule has 1 N–H and O–H groups in total. The third-order valence-corrected chi connectivity index (χ3v) is 9.43. The highest BCUT2D eigenvalue weighted by atomic mass is 28.4. The number of likely N-dealkylation sites (tertiary alicyclic amines) is 1. The molecule has 1 rings (SSSR count). The summed E-state index contributed by atoms with van der Waals surface area (Å²) in [6.07, 6.45) is -0.0619. The van der Waals surface area contributed by atoms with Crippen molar-refractivity contribution in [2.24, 2.45) is 5.92 Å². The second-order valence-corrected chi connectivity index (χ2v) is 13.9. The Morgan fingerprint density at radius 1 is 1.17 bits per heavy atom. The van der Waals surface area contributed by atoms with E-state index in [0.29, 0.717) is 13.0 Å². The van der Waals surface area contributed by atoms with Gasteiger partial charge in [0.15, 0.2) is 8.32 Å². The number of carboxylic acids is 1. The summed E-state index contributed by atoms with van der Waals surface area (Å²) in [5.74, 6) is -1.43. The number of carbonyl (C=O) groups is 2. The quantitative estimate of drug-likeness (QED) is 0.769. The van der Waals surface area contributed by atoms with Crippen molar-refractivity contribution >= 4 is 20.4 Å². The van der Waals surface area contributed by atoms with Crippen LogP contribution in [0.3, 0.4) is 0 Å². The van der Waals surface area contributed by atoms with E-state index in [4.69, 9.17) is 9.16 Å². The summed E-state index contributed by atoms with van der Waals surface area (Å²) in [6, 6.07) is 0. The molecule has 0 saturated carbocycles. The molecule has 1 heterocycles. The Bertz CT molecular complexity index is 506. The largest absolute Gasteiger partial charge is 0.478 e. The van der Waals surface area contributed by atoms with Gasteiger partial charge in [-0.2, -0.15) is 0 Å². The van der Waals surface area contributed by atoms with Crippen LogP contribution in [0.1, 0.15) is 54.9 Å². The number of hydrogen-bond donors (Lipinski definition) is 1. The van der Waals surface area contributed by atoms with Crippen molar-refractivity contribution in [3.63, 3.8) is 0 Å². The highest BCUT2D eigenvalue weighted by Crippen LogP contribution is 2.45. The molecule has 0 aliphatic carbocycles. The SMILES string of the molecule is C[C@H]1CCN(C(=O)OC(C)(C)C)[C@]1(O[Si](C)(C)C(C)(C)C)C(=O)O. The Hall–Kier alpha value is -1.08. The van der Waals surface area contributed by atoms with E-state index in [2.05, 4.69) is 0 Å². The van der Waals surface area contributed by atoms with Gasteiger partial charge in [-0.3, -0.25) is 4.90 Å². The zero-order chi connectivity index (χ0) is 19.1. The molecule has 6 nitrogen and oxygen atoms in total. The summed E-state index contributed by atoms with van der Waals surface area (Å²) in [6.45, 7) is 17.6. The molecule has 0 radical (unpaired) electrons. The highest BCUT2D eigenvalue weighted by Gasteiger charge is 2.60. The van der Waals surface area contributed by atoms with Crippen molar-refractivity contribution in [3.05, 3.63) is 0 Å². The van der Waals surface area contributed by atoms with Crippen LogP contribution < -0.4 is 0 Å². The molecular weight excluding hydrogens is 326 g/mol. The first-order valence-corrected chi connectivity index (χ1v) is 11.4. The number of hydrogen-bond acceptors (Lipinski definition) is 4. The number of nitrogens with zero attached hydrogens (tertiary/aromatic N) is 1. The summed E-state index contributed by atoms with van der Waals surface area (Å²) >= 11 is 0. The normalized spacial score (nSPS) is 25.7. The molecule has 2 atom stereocenters. The van der Waals surface area contributed by atoms with Crippen LogP contribution in [0.25, 0.3) is 0 Å². The molecule has 1 aliphatic heterocycles. The number of rotatable bonds is 3. The number of carboxylic acid groups (broad SMARTS) is 1. The lowest BCUT2D eigenvalue weighted by atomic mass is 9.99. The molecule has 0 spiro atoms. The number of aliphatic carboxylic acids is 1. The minimum absolute atomic E-state index is 0.169. The minimum Gasteiger partial charge on any atom is -0.478 e. The summed E-state index contributed by atoms with van der Waals surface area (Å²) in [7, 11) is -2.42. The Labute approximate surface area is 146 Å². The van der Waals surface area contributed by atoms with Crippen LogP contribution in [0.4, 0.5) is 4.79 Å². The first-order chi connectivity index (χ1) is 10.5. The average molecular weight is 360 g/mol. The molecule has 0 unspecified atom stereocenters. The molecule has 7 heteroatoms. The molecule has 1 amide bonds. The van der Waals surface area contributed by atoms with Crippen molar-refractivity contribution < 1.29 is 23.9 Å². The minimum atomic E-state index is -2.42. The molecule has 1 saturated heterocycles. The van der Waals surface area contributed by atoms with E-state index in [1.54, 1.807) is 20.8 Å². The maximum absolute atomic E-state index is 12.6. The second kappa shape index (κ2) is 6.33. The third-order valence-electron chi connectivity index (χ3n) is 4.99. The highest BCUT2D eigenvalue weighted by molar-refractivity contribution is 6.74. The molecule has 0 aromatic heterocycles. The van der Waals surface area contributed by atoms with Crippen molar-refractivity contribution in [1.82, 2.24) is 4.90 Å². The number of carbonyl (C=O) groups excluding carboxylic acids is 1. The Morgan fingerprint density at radius 3 is 2.04 bits per heavy atom. The van der Waals surface area contributed by atoms with E-state index in [9.17, 15) is 14.7 Å². The first-order valence-electron chi connectivity index (χ1n) is 8.49. The molecule has 24 heavy (non-hydrogen) atoms. The van der Waals surface area contributed by atoms with Gasteiger partial charge in [0.25, 0.3) is 0 Å². The van der Waals surface area contributed by atoms with E-state index in [-0.39, 0.29) is 11.0 Å². The molecule has 1 fully saturated rings. The maximum Gasteiger partial charge on any atom is 0.413 e. The van der Waals surface area contributed by atoms with Gasteiger partial charge in [-0.15, -0.1) is 0 Å². The fourth-order valence-electron chi connectivity index (χ4n) is 2.56. The standard InChI is InChI=1S/C17H33NO5Si/c1-12-10-11-18(14(21)22-15(2,3)4)17(12,13(19)20)23-24(8,9)16(5,6)7/h12H,10-11H2,1-9H3,(H,19,20)/t12-,17+/m0/s1. The molecule has 0 aromatic carbocycles. The van der Waals surface area contributed by atoms with Gasteiger partial charge >= 0.3 is 12.1 Å². The van der Waals surface area contributed by atoms with E-state index in [0.717, 1.165) is 0 Å². The zero-order valence-corrected chi connectivity index (χ0v) is 17.5. The maximum atomic E-state index is 12.6. The van der Waals surface area contributed by atoms with Crippen LogP contribution in [0.5, 0.6) is 0 Å². The van der Waals surface area contributed by atoms with Gasteiger partial charge in [0.2, 0.25) is 5.72 Å². The summed E-state index contributed by atoms with van der Waals surface area (Å²) in [5.41, 5.74) is -2.35. The van der Waals surface area contributed by atoms with Crippen molar-refractivity contribution in [1.29, 1.82) is 0 Å². The van der Waals surface area contributed by atoms with Crippen molar-refractivity contribution in [3.8, 4) is 0 Å². The smallest absolute Gasteiger partial charge is 0.413 e. The fourth-order valence-corrected chi connectivity index (χ4v) is 4.04. The molecular formula is C17H33NO5Si. The van der Waals surface area contributed by atoms with E-state index in [1.807, 2.05) is 40.8 Å². The Morgan fingerprint density at radius 2 is 1.67 bits per heavy atom. The van der Waals surface area contributed by atoms with Crippen LogP contribution in [-0.2, 0) is 14.0 Å². The predicted molar refractivity (Wildman–Crippen MR) is 95.4 cm³/mol. The van der Waals surface area contributed by atoms with Crippen molar-refractivity contribution in [2.45, 2.75) is 84.3 Å². The van der Waals surface area contributed by atoms with Gasteiger partial charge in [0, 0.05) is 12.5 Å². The summed E-state index contributed by atoms with van der Waals surface area (Å²) < 4.78 is 11.8. The van der Waals surface area contributed by atoms with Crippen LogP contribution >= 0.6 is 0 Å². The van der Waals surface area contributed by atoms with Crippen LogP contribution in [-0.4, -0.2) is 48.3 Å². The van der Waals surface area contributed by atoms with E-state index in [1.165, 1.54) is 4.90 Å². The van der Waals surface area contributed by atoms with Gasteiger partial charge in [-0.05, 0) is 45.3 Å². The van der Waals surface area contributed by atoms with Gasteiger partial charge in [0.05, 0.1) is 0 Å². The van der Waals surface area contributed by atoms with Gasteiger partial charge < -0.3 is 14.3 Å². The molecule has 0 bridgehead atoms. The lowest BCUT2D eigenvalue weighted by Crippen LogP contribution is -2.64. The third kappa shape index (κ3) is 3.94. The molecule has 1 aliphatic rings. The van der Waals surface area contributed by atoms with Gasteiger partial charge in [-0.25, -0.2) is 9.59 Å². The Kier molecular flexibility index (Phi) is 5.53. The number of amides is 1.